The number of nitrogens with zero attached hydrogens (tertiary/aromatic N) is 1. The minimum atomic E-state index is -2.66. The van der Waals surface area contributed by atoms with E-state index in [9.17, 15) is 34.8 Å². The second-order valence-electron chi connectivity index (χ2n) is 9.44. The molecule has 0 heterocycles. The molecule has 0 unspecified atom stereocenters. The molecule has 3 aliphatic carbocycles. The number of amides is 1. The van der Waals surface area contributed by atoms with Crippen LogP contribution in [0.25, 0.3) is 0 Å². The van der Waals surface area contributed by atoms with Crippen molar-refractivity contribution in [2.24, 2.45) is 17.6 Å². The fourth-order valence-electron chi connectivity index (χ4n) is 5.94. The van der Waals surface area contributed by atoms with Crippen LogP contribution in [0.1, 0.15) is 27.9 Å². The van der Waals surface area contributed by atoms with Crippen LogP contribution < -0.4 is 15.8 Å². The number of rotatable bonds is 5. The number of nitrogens with two attached hydrogens (primary N) is 1. The first kappa shape index (κ1) is 24.7. The lowest BCUT2D eigenvalue weighted by molar-refractivity contribution is -0.148. The van der Waals surface area contributed by atoms with Crippen molar-refractivity contribution in [2.45, 2.75) is 31.0 Å². The number of nitrogens with one attached hydrogen (secondary N) is 1. The van der Waals surface area contributed by atoms with Crippen molar-refractivity contribution in [3.05, 3.63) is 45.4 Å². The summed E-state index contributed by atoms with van der Waals surface area (Å²) in [6.45, 7) is 0.366. The molecule has 4 atom stereocenters. The summed E-state index contributed by atoms with van der Waals surface area (Å²) in [5.41, 5.74) is 2.64. The van der Waals surface area contributed by atoms with Gasteiger partial charge >= 0.3 is 0 Å². The number of hydrogen-bond acceptors (Lipinski definition) is 10. The number of carbonyl (C=O) groups excluding carboxylic acids is 3. The molecule has 0 aliphatic heterocycles. The molecule has 1 aromatic rings. The summed E-state index contributed by atoms with van der Waals surface area (Å²) in [5, 5.41) is 47.3. The van der Waals surface area contributed by atoms with E-state index in [1.54, 1.807) is 21.1 Å². The smallest absolute Gasteiger partial charge is 0.255 e. The Morgan fingerprint density at radius 1 is 1.29 bits per heavy atom. The van der Waals surface area contributed by atoms with Gasteiger partial charge in [-0.1, -0.05) is 0 Å². The van der Waals surface area contributed by atoms with Gasteiger partial charge in [0.1, 0.15) is 28.6 Å². The van der Waals surface area contributed by atoms with Gasteiger partial charge in [-0.2, -0.15) is 0 Å². The average molecular weight is 488 g/mol. The van der Waals surface area contributed by atoms with E-state index in [1.165, 1.54) is 18.1 Å². The largest absolute Gasteiger partial charge is 0.510 e. The summed E-state index contributed by atoms with van der Waals surface area (Å²) >= 11 is 0. The predicted molar refractivity (Wildman–Crippen MR) is 123 cm³/mol. The number of phenols is 1. The number of benzene rings is 1. The second kappa shape index (κ2) is 8.36. The van der Waals surface area contributed by atoms with Gasteiger partial charge < -0.3 is 36.2 Å². The van der Waals surface area contributed by atoms with Crippen LogP contribution in [0.3, 0.4) is 0 Å². The molecular weight excluding hydrogens is 458 g/mol. The maximum absolute atomic E-state index is 13.6. The van der Waals surface area contributed by atoms with E-state index in [4.69, 9.17) is 10.5 Å². The lowest BCUT2D eigenvalue weighted by atomic mass is 9.58. The van der Waals surface area contributed by atoms with Gasteiger partial charge in [0.15, 0.2) is 11.4 Å². The fourth-order valence-corrected chi connectivity index (χ4v) is 5.94. The van der Waals surface area contributed by atoms with Crippen LogP contribution in [0.4, 0.5) is 0 Å². The number of ether oxygens (including phenoxy) is 1. The molecule has 11 nitrogen and oxygen atoms in total. The number of aliphatic hydroxyl groups is 3. The number of likely N-dealkylation sites (N-methyl/N-ethyl adjacent to an activating group) is 1. The molecule has 0 bridgehead atoms. The standard InChI is InChI=1S/C24H29N3O8/c1-26-8-10-7-13(28)15-11(20(10)35-4)5-9-6-12-17(27(2)3)19(30)16(23(25)33)22(32)24(12,34)21(31)14(9)18(15)29/h7,9,12,17,26,28,30-31,34H,5-6,8H2,1-4H3,(H2,25,33)/t9-,12-,17-,24-/m0/s1. The molecule has 0 fully saturated rings. The maximum atomic E-state index is 13.6. The van der Waals surface area contributed by atoms with Crippen LogP contribution in [-0.2, 0) is 22.6 Å². The van der Waals surface area contributed by atoms with E-state index < -0.39 is 58.0 Å². The molecular formula is C24H29N3O8. The first-order chi connectivity index (χ1) is 16.4. The molecule has 1 aromatic carbocycles. The van der Waals surface area contributed by atoms with E-state index in [-0.39, 0.29) is 29.7 Å². The van der Waals surface area contributed by atoms with Crippen LogP contribution in [0.15, 0.2) is 28.7 Å². The first-order valence-electron chi connectivity index (χ1n) is 11.1. The number of methoxy groups -OCH3 is 1. The van der Waals surface area contributed by atoms with Crippen molar-refractivity contribution in [3.63, 3.8) is 0 Å². The summed E-state index contributed by atoms with van der Waals surface area (Å²) in [7, 11) is 6.34. The summed E-state index contributed by atoms with van der Waals surface area (Å²) < 4.78 is 5.57. The Morgan fingerprint density at radius 2 is 1.94 bits per heavy atom. The first-order valence-corrected chi connectivity index (χ1v) is 11.1. The Kier molecular flexibility index (Phi) is 5.90. The predicted octanol–water partition coefficient (Wildman–Crippen LogP) is -0.151. The number of hydrogen-bond donors (Lipinski definition) is 6. The number of phenolic OH excluding ortho intramolecular Hbond substituents is 1. The molecule has 188 valence electrons. The van der Waals surface area contributed by atoms with Crippen LogP contribution in [0.5, 0.6) is 11.5 Å². The van der Waals surface area contributed by atoms with Crippen LogP contribution in [-0.4, -0.2) is 82.7 Å². The minimum Gasteiger partial charge on any atom is -0.510 e. The molecule has 0 saturated heterocycles. The summed E-state index contributed by atoms with van der Waals surface area (Å²) in [4.78, 5) is 40.4. The molecule has 0 radical (unpaired) electrons. The highest BCUT2D eigenvalue weighted by Gasteiger charge is 2.63. The zero-order chi connectivity index (χ0) is 26.0. The number of carbonyl (C=O) groups is 3. The lowest BCUT2D eigenvalue weighted by Crippen LogP contribution is -2.63. The topological polar surface area (TPSA) is 183 Å². The van der Waals surface area contributed by atoms with Gasteiger partial charge in [-0.05, 0) is 46.0 Å². The summed E-state index contributed by atoms with van der Waals surface area (Å²) in [6.07, 6.45) is 0.189. The normalized spacial score (nSPS) is 28.1. The molecule has 1 amide bonds. The van der Waals surface area contributed by atoms with Crippen LogP contribution in [0.2, 0.25) is 0 Å². The third-order valence-electron chi connectivity index (χ3n) is 7.32. The van der Waals surface area contributed by atoms with Crippen molar-refractivity contribution in [3.8, 4) is 11.5 Å². The average Bonchev–Trinajstić information content (AvgIpc) is 2.76. The Labute approximate surface area is 201 Å². The SMILES string of the molecule is CNCc1cc(O)c2c(c1OC)C[C@H]1C[C@H]3[C@H](N(C)C)C(O)=C(C(N)=O)C(=O)[C@@]3(O)C(O)=C1C2=O. The molecule has 35 heavy (non-hydrogen) atoms. The van der Waals surface area contributed by atoms with Crippen LogP contribution in [0, 0.1) is 11.8 Å². The number of aromatic hydroxyl groups is 1. The lowest BCUT2D eigenvalue weighted by Gasteiger charge is -2.50. The van der Waals surface area contributed by atoms with E-state index >= 15 is 0 Å². The number of primary amides is 1. The van der Waals surface area contributed by atoms with E-state index in [0.717, 1.165) is 0 Å². The quantitative estimate of drug-likeness (QED) is 0.305. The highest BCUT2D eigenvalue weighted by molar-refractivity contribution is 6.24. The van der Waals surface area contributed by atoms with Crippen LogP contribution >= 0.6 is 0 Å². The van der Waals surface area contributed by atoms with Gasteiger partial charge in [-0.25, -0.2) is 0 Å². The Bertz CT molecular complexity index is 1220. The molecule has 0 aromatic heterocycles. The minimum absolute atomic E-state index is 0.0198. The molecule has 4 rings (SSSR count). The zero-order valence-electron chi connectivity index (χ0n) is 19.9. The fraction of sp³-hybridized carbons (Fsp3) is 0.458. The van der Waals surface area contributed by atoms with Gasteiger partial charge in [0.05, 0.1) is 18.7 Å². The van der Waals surface area contributed by atoms with Crippen molar-refractivity contribution < 1.29 is 39.5 Å². The van der Waals surface area contributed by atoms with Gasteiger partial charge in [0.25, 0.3) is 5.91 Å². The highest BCUT2D eigenvalue weighted by Crippen LogP contribution is 2.53. The number of fused-ring (bicyclic) bond motifs is 3. The molecule has 11 heteroatoms. The van der Waals surface area contributed by atoms with Crippen molar-refractivity contribution >= 4 is 17.5 Å². The number of Topliss-reactive ketones (excluding diaryl/α,β-unsaturated/α-hetero) is 2. The van der Waals surface area contributed by atoms with Gasteiger partial charge in [0.2, 0.25) is 5.78 Å². The number of allylic oxidation sites excluding steroid dienone is 1. The third-order valence-corrected chi connectivity index (χ3v) is 7.32. The summed E-state index contributed by atoms with van der Waals surface area (Å²) in [6, 6.07) is 0.357. The Hall–Kier alpha value is -3.41. The Balaban J connectivity index is 1.96. The molecule has 0 saturated carbocycles. The Morgan fingerprint density at radius 3 is 2.49 bits per heavy atom. The van der Waals surface area contributed by atoms with Gasteiger partial charge in [-0.3, -0.25) is 19.3 Å². The van der Waals surface area contributed by atoms with Gasteiger partial charge in [-0.15, -0.1) is 0 Å². The van der Waals surface area contributed by atoms with E-state index in [2.05, 4.69) is 5.32 Å². The third kappa shape index (κ3) is 3.26. The van der Waals surface area contributed by atoms with Crippen molar-refractivity contribution in [2.75, 3.05) is 28.3 Å². The van der Waals surface area contributed by atoms with Crippen molar-refractivity contribution in [1.82, 2.24) is 10.2 Å². The number of ketones is 2. The maximum Gasteiger partial charge on any atom is 0.255 e. The molecule has 7 N–H and O–H groups in total. The van der Waals surface area contributed by atoms with Crippen molar-refractivity contribution in [1.29, 1.82) is 0 Å². The molecule has 3 aliphatic rings. The molecule has 0 spiro atoms. The second-order valence-corrected chi connectivity index (χ2v) is 9.44. The van der Waals surface area contributed by atoms with E-state index in [0.29, 0.717) is 23.4 Å². The summed E-state index contributed by atoms with van der Waals surface area (Å²) in [5.74, 6) is -6.40. The highest BCUT2D eigenvalue weighted by atomic mass is 16.5. The number of aliphatic hydroxyl groups excluding tert-OH is 2. The zero-order valence-corrected chi connectivity index (χ0v) is 19.9. The van der Waals surface area contributed by atoms with Gasteiger partial charge in [0, 0.05) is 29.2 Å². The van der Waals surface area contributed by atoms with E-state index in [1.807, 2.05) is 0 Å². The monoisotopic (exact) mass is 487 g/mol.